The van der Waals surface area contributed by atoms with Crippen molar-refractivity contribution in [2.75, 3.05) is 0 Å². The molecule has 0 atom stereocenters. The molecule has 0 saturated heterocycles. The Hall–Kier alpha value is -0.730. The zero-order valence-corrected chi connectivity index (χ0v) is 9.02. The van der Waals surface area contributed by atoms with E-state index >= 15 is 0 Å². The lowest BCUT2D eigenvalue weighted by atomic mass is 9.96. The zero-order valence-electron chi connectivity index (χ0n) is 8.26. The molecule has 1 fully saturated rings. The van der Waals surface area contributed by atoms with E-state index in [0.29, 0.717) is 5.02 Å². The molecule has 0 radical (unpaired) electrons. The highest BCUT2D eigenvalue weighted by atomic mass is 35.5. The van der Waals surface area contributed by atoms with Crippen molar-refractivity contribution in [2.24, 2.45) is 0 Å². The molecular weight excluding hydrogens is 200 g/mol. The Morgan fingerprint density at radius 2 is 1.93 bits per heavy atom. The first-order valence-corrected chi connectivity index (χ1v) is 5.05. The van der Waals surface area contributed by atoms with Crippen molar-refractivity contribution in [2.45, 2.75) is 32.3 Å². The second kappa shape index (κ2) is 2.88. The summed E-state index contributed by atoms with van der Waals surface area (Å²) in [6, 6.07) is 1.61. The largest absolute Gasteiger partial charge is 0.506 e. The number of phenolic OH excluding ortho intramolecular Hbond substituents is 1. The van der Waals surface area contributed by atoms with E-state index in [1.807, 2.05) is 13.8 Å². The van der Waals surface area contributed by atoms with Crippen molar-refractivity contribution in [3.63, 3.8) is 0 Å². The van der Waals surface area contributed by atoms with Crippen molar-refractivity contribution < 1.29 is 10.2 Å². The van der Waals surface area contributed by atoms with Gasteiger partial charge in [0, 0.05) is 0 Å². The Kier molecular flexibility index (Phi) is 2.02. The van der Waals surface area contributed by atoms with Crippen LogP contribution in [0.1, 0.15) is 29.5 Å². The fourth-order valence-electron chi connectivity index (χ4n) is 2.02. The topological polar surface area (TPSA) is 40.5 Å². The number of aryl methyl sites for hydroxylation is 1. The molecule has 2 N–H and O–H groups in total. The summed E-state index contributed by atoms with van der Waals surface area (Å²) in [5.41, 5.74) is 1.90. The fraction of sp³-hybridized carbons (Fsp3) is 0.455. The average Bonchev–Trinajstić information content (AvgIpc) is 2.80. The minimum Gasteiger partial charge on any atom is -0.506 e. The van der Waals surface area contributed by atoms with Crippen LogP contribution in [0, 0.1) is 13.8 Å². The van der Waals surface area contributed by atoms with Crippen molar-refractivity contribution in [3.05, 3.63) is 27.8 Å². The first-order chi connectivity index (χ1) is 6.46. The van der Waals surface area contributed by atoms with Crippen LogP contribution >= 0.6 is 11.6 Å². The smallest absolute Gasteiger partial charge is 0.134 e. The second-order valence-corrected chi connectivity index (χ2v) is 4.44. The van der Waals surface area contributed by atoms with Crippen LogP contribution in [0.15, 0.2) is 6.07 Å². The molecule has 0 amide bonds. The minimum absolute atomic E-state index is 0.0923. The quantitative estimate of drug-likeness (QED) is 0.752. The van der Waals surface area contributed by atoms with Gasteiger partial charge in [0.05, 0.1) is 10.6 Å². The van der Waals surface area contributed by atoms with Gasteiger partial charge in [-0.2, -0.15) is 0 Å². The number of benzene rings is 1. The molecule has 3 heteroatoms. The number of aromatic hydroxyl groups is 1. The molecule has 14 heavy (non-hydrogen) atoms. The monoisotopic (exact) mass is 212 g/mol. The van der Waals surface area contributed by atoms with Gasteiger partial charge < -0.3 is 10.2 Å². The van der Waals surface area contributed by atoms with E-state index in [1.54, 1.807) is 6.07 Å². The zero-order chi connectivity index (χ0) is 10.5. The van der Waals surface area contributed by atoms with E-state index in [1.165, 1.54) is 0 Å². The SMILES string of the molecule is Cc1cc(O)c(Cl)c(C)c1C1(O)CC1. The van der Waals surface area contributed by atoms with Gasteiger partial charge in [-0.15, -0.1) is 0 Å². The molecule has 2 rings (SSSR count). The maximum atomic E-state index is 10.0. The summed E-state index contributed by atoms with van der Waals surface area (Å²) in [6.07, 6.45) is 1.57. The van der Waals surface area contributed by atoms with Crippen LogP contribution in [0.4, 0.5) is 0 Å². The molecule has 0 aliphatic heterocycles. The third kappa shape index (κ3) is 1.30. The van der Waals surface area contributed by atoms with Gasteiger partial charge in [-0.3, -0.25) is 0 Å². The number of rotatable bonds is 1. The Morgan fingerprint density at radius 3 is 2.43 bits per heavy atom. The predicted octanol–water partition coefficient (Wildman–Crippen LogP) is 2.64. The van der Waals surface area contributed by atoms with E-state index in [9.17, 15) is 10.2 Å². The lowest BCUT2D eigenvalue weighted by molar-refractivity contribution is 0.150. The number of halogens is 1. The average molecular weight is 213 g/mol. The van der Waals surface area contributed by atoms with Crippen LogP contribution in [-0.4, -0.2) is 10.2 Å². The van der Waals surface area contributed by atoms with Gasteiger partial charge in [0.15, 0.2) is 0 Å². The molecule has 1 aliphatic carbocycles. The van der Waals surface area contributed by atoms with Crippen molar-refractivity contribution in [1.29, 1.82) is 0 Å². The maximum absolute atomic E-state index is 10.0. The third-order valence-corrected chi connectivity index (χ3v) is 3.34. The first kappa shape index (κ1) is 9.81. The van der Waals surface area contributed by atoms with Crippen molar-refractivity contribution >= 4 is 11.6 Å². The standard InChI is InChI=1S/C11H13ClO2/c1-6-5-8(13)10(12)7(2)9(6)11(14)3-4-11/h5,13-14H,3-4H2,1-2H3. The number of hydrogen-bond donors (Lipinski definition) is 2. The summed E-state index contributed by atoms with van der Waals surface area (Å²) in [4.78, 5) is 0. The van der Waals surface area contributed by atoms with E-state index in [2.05, 4.69) is 0 Å². The molecule has 0 aromatic heterocycles. The summed E-state index contributed by atoms with van der Waals surface area (Å²) in [5.74, 6) is 0.0923. The predicted molar refractivity (Wildman–Crippen MR) is 55.7 cm³/mol. The fourth-order valence-corrected chi connectivity index (χ4v) is 2.17. The molecule has 0 spiro atoms. The highest BCUT2D eigenvalue weighted by Crippen LogP contribution is 2.50. The second-order valence-electron chi connectivity index (χ2n) is 4.06. The summed E-state index contributed by atoms with van der Waals surface area (Å²) in [7, 11) is 0. The van der Waals surface area contributed by atoms with Crippen LogP contribution < -0.4 is 0 Å². The maximum Gasteiger partial charge on any atom is 0.134 e. The first-order valence-electron chi connectivity index (χ1n) is 4.67. The molecule has 2 nitrogen and oxygen atoms in total. The van der Waals surface area contributed by atoms with Gasteiger partial charge in [-0.05, 0) is 49.4 Å². The molecule has 0 heterocycles. The third-order valence-electron chi connectivity index (χ3n) is 2.87. The van der Waals surface area contributed by atoms with E-state index in [0.717, 1.165) is 29.5 Å². The summed E-state index contributed by atoms with van der Waals surface area (Å²) in [6.45, 7) is 3.72. The van der Waals surface area contributed by atoms with Crippen molar-refractivity contribution in [3.8, 4) is 5.75 Å². The summed E-state index contributed by atoms with van der Waals surface area (Å²) < 4.78 is 0. The Bertz CT molecular complexity index is 395. The molecule has 1 aliphatic rings. The molecular formula is C11H13ClO2. The summed E-state index contributed by atoms with van der Waals surface area (Å²) in [5, 5.41) is 19.9. The molecule has 0 unspecified atom stereocenters. The van der Waals surface area contributed by atoms with Crippen molar-refractivity contribution in [1.82, 2.24) is 0 Å². The molecule has 76 valence electrons. The van der Waals surface area contributed by atoms with Gasteiger partial charge in [-0.1, -0.05) is 11.6 Å². The molecule has 1 aromatic carbocycles. The molecule has 1 aromatic rings. The van der Waals surface area contributed by atoms with E-state index in [-0.39, 0.29) is 5.75 Å². The Morgan fingerprint density at radius 1 is 1.36 bits per heavy atom. The van der Waals surface area contributed by atoms with Crippen LogP contribution in [0.3, 0.4) is 0 Å². The number of hydrogen-bond acceptors (Lipinski definition) is 2. The van der Waals surface area contributed by atoms with Crippen LogP contribution in [0.5, 0.6) is 5.75 Å². The van der Waals surface area contributed by atoms with Gasteiger partial charge >= 0.3 is 0 Å². The van der Waals surface area contributed by atoms with Crippen LogP contribution in [-0.2, 0) is 5.60 Å². The number of aliphatic hydroxyl groups is 1. The highest BCUT2D eigenvalue weighted by molar-refractivity contribution is 6.32. The number of phenols is 1. The normalized spacial score (nSPS) is 18.3. The highest BCUT2D eigenvalue weighted by Gasteiger charge is 2.44. The van der Waals surface area contributed by atoms with Gasteiger partial charge in [0.1, 0.15) is 5.75 Å². The minimum atomic E-state index is -0.689. The molecule has 1 saturated carbocycles. The Labute approximate surface area is 88.1 Å². The van der Waals surface area contributed by atoms with Crippen LogP contribution in [0.25, 0.3) is 0 Å². The van der Waals surface area contributed by atoms with Gasteiger partial charge in [0.25, 0.3) is 0 Å². The lowest BCUT2D eigenvalue weighted by Crippen LogP contribution is -2.09. The lowest BCUT2D eigenvalue weighted by Gasteiger charge is -2.17. The Balaban J connectivity index is 2.65. The molecule has 0 bridgehead atoms. The van der Waals surface area contributed by atoms with E-state index < -0.39 is 5.60 Å². The van der Waals surface area contributed by atoms with E-state index in [4.69, 9.17) is 11.6 Å². The van der Waals surface area contributed by atoms with Crippen LogP contribution in [0.2, 0.25) is 5.02 Å². The van der Waals surface area contributed by atoms with Gasteiger partial charge in [0.2, 0.25) is 0 Å². The van der Waals surface area contributed by atoms with Gasteiger partial charge in [-0.25, -0.2) is 0 Å². The summed E-state index contributed by atoms with van der Waals surface area (Å²) >= 11 is 5.93.